The first kappa shape index (κ1) is 13.8. The maximum atomic E-state index is 6.13. The van der Waals surface area contributed by atoms with E-state index >= 15 is 0 Å². The Hall–Kier alpha value is -1.62. The van der Waals surface area contributed by atoms with Crippen LogP contribution in [0.15, 0.2) is 12.1 Å². The van der Waals surface area contributed by atoms with Gasteiger partial charge in [-0.3, -0.25) is 0 Å². The SMILES string of the molecule is COc1cc(N)c(N2CCC(N(C)C)C2)cc1OC. The van der Waals surface area contributed by atoms with Gasteiger partial charge in [0.15, 0.2) is 11.5 Å². The lowest BCUT2D eigenvalue weighted by Crippen LogP contribution is -2.31. The first-order chi connectivity index (χ1) is 9.06. The Morgan fingerprint density at radius 3 is 2.37 bits per heavy atom. The molecule has 0 spiro atoms. The van der Waals surface area contributed by atoms with Crippen LogP contribution in [0.25, 0.3) is 0 Å². The highest BCUT2D eigenvalue weighted by atomic mass is 16.5. The standard InChI is InChI=1S/C14H23N3O2/c1-16(2)10-5-6-17(9-10)12-8-14(19-4)13(18-3)7-11(12)15/h7-8,10H,5-6,9,15H2,1-4H3. The second kappa shape index (κ2) is 5.57. The fourth-order valence-corrected chi connectivity index (χ4v) is 2.54. The molecule has 0 radical (unpaired) electrons. The van der Waals surface area contributed by atoms with Gasteiger partial charge in [-0.2, -0.15) is 0 Å². The molecular weight excluding hydrogens is 242 g/mol. The Labute approximate surface area is 114 Å². The predicted octanol–water partition coefficient (Wildman–Crippen LogP) is 1.43. The molecule has 1 aromatic rings. The van der Waals surface area contributed by atoms with E-state index in [0.29, 0.717) is 11.8 Å². The normalized spacial score (nSPS) is 19.0. The van der Waals surface area contributed by atoms with Crippen LogP contribution in [-0.2, 0) is 0 Å². The number of benzene rings is 1. The zero-order valence-corrected chi connectivity index (χ0v) is 12.1. The number of rotatable bonds is 4. The molecule has 2 rings (SSSR count). The van der Waals surface area contributed by atoms with Crippen LogP contribution >= 0.6 is 0 Å². The fraction of sp³-hybridized carbons (Fsp3) is 0.571. The Morgan fingerprint density at radius 2 is 1.84 bits per heavy atom. The van der Waals surface area contributed by atoms with E-state index in [-0.39, 0.29) is 0 Å². The molecule has 0 aromatic heterocycles. The van der Waals surface area contributed by atoms with E-state index in [1.807, 2.05) is 12.1 Å². The van der Waals surface area contributed by atoms with Crippen LogP contribution in [0.1, 0.15) is 6.42 Å². The summed E-state index contributed by atoms with van der Waals surface area (Å²) in [6, 6.07) is 4.37. The summed E-state index contributed by atoms with van der Waals surface area (Å²) in [7, 11) is 7.50. The van der Waals surface area contributed by atoms with Gasteiger partial charge in [0.25, 0.3) is 0 Å². The van der Waals surface area contributed by atoms with Crippen LogP contribution in [0.5, 0.6) is 11.5 Å². The lowest BCUT2D eigenvalue weighted by atomic mass is 10.2. The fourth-order valence-electron chi connectivity index (χ4n) is 2.54. The number of ether oxygens (including phenoxy) is 2. The summed E-state index contributed by atoms with van der Waals surface area (Å²) in [5.74, 6) is 1.40. The van der Waals surface area contributed by atoms with Gasteiger partial charge in [0.2, 0.25) is 0 Å². The number of hydrogen-bond donors (Lipinski definition) is 1. The van der Waals surface area contributed by atoms with Gasteiger partial charge in [-0.15, -0.1) is 0 Å². The molecule has 1 heterocycles. The van der Waals surface area contributed by atoms with Crippen LogP contribution in [0.3, 0.4) is 0 Å². The maximum Gasteiger partial charge on any atom is 0.162 e. The van der Waals surface area contributed by atoms with Crippen molar-refractivity contribution in [3.63, 3.8) is 0 Å². The number of anilines is 2. The zero-order chi connectivity index (χ0) is 14.0. The summed E-state index contributed by atoms with van der Waals surface area (Å²) in [5.41, 5.74) is 7.89. The average Bonchev–Trinajstić information content (AvgIpc) is 2.87. The molecule has 0 saturated carbocycles. The first-order valence-corrected chi connectivity index (χ1v) is 6.49. The summed E-state index contributed by atoms with van der Waals surface area (Å²) in [6.45, 7) is 2.01. The lowest BCUT2D eigenvalue weighted by Gasteiger charge is -2.24. The van der Waals surface area contributed by atoms with Crippen LogP contribution in [0, 0.1) is 0 Å². The van der Waals surface area contributed by atoms with Crippen molar-refractivity contribution in [1.82, 2.24) is 4.90 Å². The number of nitrogens with zero attached hydrogens (tertiary/aromatic N) is 2. The Bertz CT molecular complexity index is 449. The second-order valence-electron chi connectivity index (χ2n) is 5.12. The van der Waals surface area contributed by atoms with Gasteiger partial charge in [-0.1, -0.05) is 0 Å². The van der Waals surface area contributed by atoms with E-state index in [2.05, 4.69) is 23.9 Å². The van der Waals surface area contributed by atoms with Crippen molar-refractivity contribution in [2.75, 3.05) is 52.0 Å². The molecule has 106 valence electrons. The molecule has 5 heteroatoms. The molecule has 1 unspecified atom stereocenters. The second-order valence-corrected chi connectivity index (χ2v) is 5.12. The molecule has 1 aliphatic heterocycles. The van der Waals surface area contributed by atoms with Crippen molar-refractivity contribution in [2.45, 2.75) is 12.5 Å². The van der Waals surface area contributed by atoms with Gasteiger partial charge in [0.05, 0.1) is 25.6 Å². The van der Waals surface area contributed by atoms with Gasteiger partial charge in [0, 0.05) is 31.3 Å². The van der Waals surface area contributed by atoms with Crippen molar-refractivity contribution in [3.05, 3.63) is 12.1 Å². The largest absolute Gasteiger partial charge is 0.493 e. The van der Waals surface area contributed by atoms with Crippen molar-refractivity contribution in [2.24, 2.45) is 0 Å². The number of likely N-dealkylation sites (N-methyl/N-ethyl adjacent to an activating group) is 1. The molecule has 2 N–H and O–H groups in total. The van der Waals surface area contributed by atoms with Crippen molar-refractivity contribution >= 4 is 11.4 Å². The van der Waals surface area contributed by atoms with E-state index in [4.69, 9.17) is 15.2 Å². The van der Waals surface area contributed by atoms with E-state index in [0.717, 1.165) is 36.6 Å². The minimum absolute atomic E-state index is 0.576. The summed E-state index contributed by atoms with van der Waals surface area (Å²) in [5, 5.41) is 0. The van der Waals surface area contributed by atoms with Crippen LogP contribution in [0.4, 0.5) is 11.4 Å². The lowest BCUT2D eigenvalue weighted by molar-refractivity contribution is 0.315. The topological polar surface area (TPSA) is 51.0 Å². The Morgan fingerprint density at radius 1 is 1.21 bits per heavy atom. The highest BCUT2D eigenvalue weighted by Crippen LogP contribution is 2.38. The third-order valence-corrected chi connectivity index (χ3v) is 3.77. The number of nitrogen functional groups attached to an aromatic ring is 1. The predicted molar refractivity (Wildman–Crippen MR) is 78.3 cm³/mol. The molecular formula is C14H23N3O2. The van der Waals surface area contributed by atoms with E-state index in [9.17, 15) is 0 Å². The molecule has 1 aliphatic rings. The monoisotopic (exact) mass is 265 g/mol. The first-order valence-electron chi connectivity index (χ1n) is 6.49. The molecule has 0 bridgehead atoms. The summed E-state index contributed by atoms with van der Waals surface area (Å²) >= 11 is 0. The van der Waals surface area contributed by atoms with E-state index in [1.165, 1.54) is 0 Å². The van der Waals surface area contributed by atoms with Gasteiger partial charge in [-0.05, 0) is 20.5 Å². The minimum Gasteiger partial charge on any atom is -0.493 e. The number of methoxy groups -OCH3 is 2. The molecule has 1 atom stereocenters. The van der Waals surface area contributed by atoms with Gasteiger partial charge in [-0.25, -0.2) is 0 Å². The molecule has 1 fully saturated rings. The van der Waals surface area contributed by atoms with Gasteiger partial charge >= 0.3 is 0 Å². The van der Waals surface area contributed by atoms with Crippen LogP contribution in [0.2, 0.25) is 0 Å². The molecule has 5 nitrogen and oxygen atoms in total. The van der Waals surface area contributed by atoms with Crippen molar-refractivity contribution < 1.29 is 9.47 Å². The van der Waals surface area contributed by atoms with Crippen LogP contribution in [-0.4, -0.2) is 52.3 Å². The Balaban J connectivity index is 2.26. The highest BCUT2D eigenvalue weighted by molar-refractivity contribution is 5.73. The summed E-state index contributed by atoms with van der Waals surface area (Å²) in [6.07, 6.45) is 1.15. The van der Waals surface area contributed by atoms with Gasteiger partial charge in [0.1, 0.15) is 0 Å². The third-order valence-electron chi connectivity index (χ3n) is 3.77. The average molecular weight is 265 g/mol. The molecule has 1 aromatic carbocycles. The molecule has 0 amide bonds. The summed E-state index contributed by atoms with van der Waals surface area (Å²) in [4.78, 5) is 4.57. The van der Waals surface area contributed by atoms with Gasteiger partial charge < -0.3 is 25.0 Å². The van der Waals surface area contributed by atoms with Crippen LogP contribution < -0.4 is 20.1 Å². The van der Waals surface area contributed by atoms with Crippen molar-refractivity contribution in [1.29, 1.82) is 0 Å². The number of hydrogen-bond acceptors (Lipinski definition) is 5. The quantitative estimate of drug-likeness (QED) is 0.835. The zero-order valence-electron chi connectivity index (χ0n) is 12.1. The molecule has 1 saturated heterocycles. The molecule has 0 aliphatic carbocycles. The minimum atomic E-state index is 0.576. The van der Waals surface area contributed by atoms with E-state index < -0.39 is 0 Å². The smallest absolute Gasteiger partial charge is 0.162 e. The summed E-state index contributed by atoms with van der Waals surface area (Å²) < 4.78 is 10.6. The molecule has 19 heavy (non-hydrogen) atoms. The van der Waals surface area contributed by atoms with E-state index in [1.54, 1.807) is 14.2 Å². The third kappa shape index (κ3) is 2.71. The van der Waals surface area contributed by atoms with Crippen molar-refractivity contribution in [3.8, 4) is 11.5 Å². The highest BCUT2D eigenvalue weighted by Gasteiger charge is 2.26. The Kier molecular flexibility index (Phi) is 4.04. The number of nitrogens with two attached hydrogens (primary N) is 1. The maximum absolute atomic E-state index is 6.13.